The third-order valence-electron chi connectivity index (χ3n) is 3.62. The van der Waals surface area contributed by atoms with E-state index in [0.717, 1.165) is 18.5 Å². The highest BCUT2D eigenvalue weighted by atomic mass is 32.2. The summed E-state index contributed by atoms with van der Waals surface area (Å²) >= 11 is 2.17. The summed E-state index contributed by atoms with van der Waals surface area (Å²) in [6.45, 7) is 5.66. The molecule has 96 valence electrons. The number of unbranched alkanes of at least 4 members (excludes halogenated alkanes) is 2. The largest absolute Gasteiger partial charge is 0.313 e. The Bertz CT molecular complexity index is 155. The summed E-state index contributed by atoms with van der Waals surface area (Å²) < 4.78 is 0. The minimum absolute atomic E-state index is 0.791. The van der Waals surface area contributed by atoms with Gasteiger partial charge in [0.1, 0.15) is 0 Å². The van der Waals surface area contributed by atoms with Crippen molar-refractivity contribution in [2.45, 2.75) is 64.8 Å². The van der Waals surface area contributed by atoms with Crippen molar-refractivity contribution in [1.82, 2.24) is 5.32 Å². The SMILES string of the molecule is CCCCCSCC(NCC)C1CCCC1. The molecule has 0 aromatic carbocycles. The van der Waals surface area contributed by atoms with Gasteiger partial charge in [0.25, 0.3) is 0 Å². The second-order valence-electron chi connectivity index (χ2n) is 4.99. The van der Waals surface area contributed by atoms with Crippen molar-refractivity contribution in [3.63, 3.8) is 0 Å². The van der Waals surface area contributed by atoms with E-state index in [1.807, 2.05) is 0 Å². The first-order chi connectivity index (χ1) is 7.88. The van der Waals surface area contributed by atoms with Crippen molar-refractivity contribution in [3.05, 3.63) is 0 Å². The lowest BCUT2D eigenvalue weighted by molar-refractivity contribution is 0.394. The molecule has 0 amide bonds. The molecule has 1 aliphatic rings. The molecule has 1 unspecified atom stereocenters. The van der Waals surface area contributed by atoms with Crippen LogP contribution in [0, 0.1) is 5.92 Å². The molecule has 0 aliphatic heterocycles. The smallest absolute Gasteiger partial charge is 0.0186 e. The summed E-state index contributed by atoms with van der Waals surface area (Å²) in [4.78, 5) is 0. The van der Waals surface area contributed by atoms with Crippen LogP contribution in [0.4, 0.5) is 0 Å². The first kappa shape index (κ1) is 14.4. The van der Waals surface area contributed by atoms with Gasteiger partial charge >= 0.3 is 0 Å². The Hall–Kier alpha value is 0.310. The van der Waals surface area contributed by atoms with Crippen molar-refractivity contribution in [2.75, 3.05) is 18.1 Å². The van der Waals surface area contributed by atoms with Gasteiger partial charge in [0.15, 0.2) is 0 Å². The van der Waals surface area contributed by atoms with Crippen LogP contribution < -0.4 is 5.32 Å². The number of thioether (sulfide) groups is 1. The third kappa shape index (κ3) is 5.58. The number of rotatable bonds is 9. The summed E-state index contributed by atoms with van der Waals surface area (Å²) in [5.41, 5.74) is 0. The highest BCUT2D eigenvalue weighted by Crippen LogP contribution is 2.29. The highest BCUT2D eigenvalue weighted by molar-refractivity contribution is 7.99. The zero-order valence-electron chi connectivity index (χ0n) is 11.1. The van der Waals surface area contributed by atoms with E-state index in [-0.39, 0.29) is 0 Å². The maximum Gasteiger partial charge on any atom is 0.0186 e. The lowest BCUT2D eigenvalue weighted by Crippen LogP contribution is -2.37. The zero-order valence-corrected chi connectivity index (χ0v) is 12.0. The van der Waals surface area contributed by atoms with E-state index in [1.165, 1.54) is 56.5 Å². The molecule has 1 aliphatic carbocycles. The number of nitrogens with one attached hydrogen (secondary N) is 1. The molecule has 16 heavy (non-hydrogen) atoms. The summed E-state index contributed by atoms with van der Waals surface area (Å²) in [6, 6.07) is 0.791. The second kappa shape index (κ2) is 9.35. The van der Waals surface area contributed by atoms with E-state index in [2.05, 4.69) is 30.9 Å². The minimum atomic E-state index is 0.791. The van der Waals surface area contributed by atoms with Crippen LogP contribution in [-0.2, 0) is 0 Å². The summed E-state index contributed by atoms with van der Waals surface area (Å²) in [6.07, 6.45) is 10.0. The predicted molar refractivity (Wildman–Crippen MR) is 76.3 cm³/mol. The standard InChI is InChI=1S/C14H29NS/c1-3-5-8-11-16-12-14(15-4-2)13-9-6-7-10-13/h13-15H,3-12H2,1-2H3. The molecule has 0 radical (unpaired) electrons. The molecule has 1 fully saturated rings. The van der Waals surface area contributed by atoms with Crippen molar-refractivity contribution in [3.8, 4) is 0 Å². The van der Waals surface area contributed by atoms with E-state index in [0.29, 0.717) is 0 Å². The quantitative estimate of drug-likeness (QED) is 0.612. The minimum Gasteiger partial charge on any atom is -0.313 e. The van der Waals surface area contributed by atoms with Crippen molar-refractivity contribution >= 4 is 11.8 Å². The van der Waals surface area contributed by atoms with Crippen molar-refractivity contribution in [2.24, 2.45) is 5.92 Å². The molecule has 0 saturated heterocycles. The molecule has 1 rings (SSSR count). The molecule has 1 saturated carbocycles. The summed E-state index contributed by atoms with van der Waals surface area (Å²) in [5.74, 6) is 3.67. The van der Waals surface area contributed by atoms with E-state index >= 15 is 0 Å². The molecule has 1 nitrogen and oxygen atoms in total. The molecular formula is C14H29NS. The molecule has 0 bridgehead atoms. The van der Waals surface area contributed by atoms with Crippen molar-refractivity contribution < 1.29 is 0 Å². The first-order valence-corrected chi connectivity index (χ1v) is 8.35. The van der Waals surface area contributed by atoms with Gasteiger partial charge < -0.3 is 5.32 Å². The van der Waals surface area contributed by atoms with E-state index < -0.39 is 0 Å². The Morgan fingerprint density at radius 2 is 1.94 bits per heavy atom. The average molecular weight is 243 g/mol. The second-order valence-corrected chi connectivity index (χ2v) is 6.14. The Balaban J connectivity index is 2.12. The van der Waals surface area contributed by atoms with Gasteiger partial charge in [-0.1, -0.05) is 39.5 Å². The van der Waals surface area contributed by atoms with Gasteiger partial charge in [-0.2, -0.15) is 11.8 Å². The normalized spacial score (nSPS) is 19.1. The van der Waals surface area contributed by atoms with Crippen LogP contribution in [0.3, 0.4) is 0 Å². The Morgan fingerprint density at radius 3 is 2.56 bits per heavy atom. The van der Waals surface area contributed by atoms with E-state index in [9.17, 15) is 0 Å². The number of hydrogen-bond acceptors (Lipinski definition) is 2. The molecule has 2 heteroatoms. The molecule has 1 N–H and O–H groups in total. The fourth-order valence-corrected chi connectivity index (χ4v) is 3.87. The molecule has 1 atom stereocenters. The summed E-state index contributed by atoms with van der Waals surface area (Å²) in [5, 5.41) is 3.69. The van der Waals surface area contributed by atoms with Crippen LogP contribution >= 0.6 is 11.8 Å². The maximum atomic E-state index is 3.69. The van der Waals surface area contributed by atoms with Gasteiger partial charge in [-0.25, -0.2) is 0 Å². The van der Waals surface area contributed by atoms with Crippen LogP contribution in [0.15, 0.2) is 0 Å². The highest BCUT2D eigenvalue weighted by Gasteiger charge is 2.23. The van der Waals surface area contributed by atoms with E-state index in [1.54, 1.807) is 0 Å². The third-order valence-corrected chi connectivity index (χ3v) is 4.80. The van der Waals surface area contributed by atoms with Crippen LogP contribution in [0.2, 0.25) is 0 Å². The van der Waals surface area contributed by atoms with Gasteiger partial charge in [0.2, 0.25) is 0 Å². The van der Waals surface area contributed by atoms with Gasteiger partial charge in [-0.05, 0) is 37.5 Å². The lowest BCUT2D eigenvalue weighted by atomic mass is 10.00. The lowest BCUT2D eigenvalue weighted by Gasteiger charge is -2.23. The zero-order chi connectivity index (χ0) is 11.6. The molecule has 0 aromatic rings. The van der Waals surface area contributed by atoms with Crippen LogP contribution in [0.1, 0.15) is 58.8 Å². The summed E-state index contributed by atoms with van der Waals surface area (Å²) in [7, 11) is 0. The van der Waals surface area contributed by atoms with Crippen LogP contribution in [0.5, 0.6) is 0 Å². The van der Waals surface area contributed by atoms with Gasteiger partial charge in [0, 0.05) is 11.8 Å². The molecule has 0 heterocycles. The Kier molecular flexibility index (Phi) is 8.40. The fourth-order valence-electron chi connectivity index (χ4n) is 2.65. The first-order valence-electron chi connectivity index (χ1n) is 7.19. The van der Waals surface area contributed by atoms with Gasteiger partial charge in [-0.3, -0.25) is 0 Å². The fraction of sp³-hybridized carbons (Fsp3) is 1.00. The Morgan fingerprint density at radius 1 is 1.19 bits per heavy atom. The predicted octanol–water partition coefficient (Wildman–Crippen LogP) is 4.08. The molecule has 0 aromatic heterocycles. The van der Waals surface area contributed by atoms with Crippen LogP contribution in [-0.4, -0.2) is 24.1 Å². The Labute approximate surface area is 106 Å². The average Bonchev–Trinajstić information content (AvgIpc) is 2.81. The van der Waals surface area contributed by atoms with Gasteiger partial charge in [-0.15, -0.1) is 0 Å². The molecular weight excluding hydrogens is 214 g/mol. The number of hydrogen-bond donors (Lipinski definition) is 1. The topological polar surface area (TPSA) is 12.0 Å². The van der Waals surface area contributed by atoms with Crippen LogP contribution in [0.25, 0.3) is 0 Å². The van der Waals surface area contributed by atoms with Gasteiger partial charge in [0.05, 0.1) is 0 Å². The monoisotopic (exact) mass is 243 g/mol. The molecule has 0 spiro atoms. The maximum absolute atomic E-state index is 3.69. The van der Waals surface area contributed by atoms with E-state index in [4.69, 9.17) is 0 Å². The van der Waals surface area contributed by atoms with Crippen molar-refractivity contribution in [1.29, 1.82) is 0 Å².